The number of hydrogen-bond acceptors (Lipinski definition) is 5. The molecule has 0 spiro atoms. The van der Waals surface area contributed by atoms with Gasteiger partial charge in [-0.3, -0.25) is 4.18 Å². The van der Waals surface area contributed by atoms with E-state index in [1.54, 1.807) is 6.92 Å². The quantitative estimate of drug-likeness (QED) is 0.363. The molecule has 0 atom stereocenters. The van der Waals surface area contributed by atoms with E-state index in [1.807, 2.05) is 0 Å². The average molecular weight is 208 g/mol. The van der Waals surface area contributed by atoms with Crippen LogP contribution >= 0.6 is 0 Å². The highest BCUT2D eigenvalue weighted by Crippen LogP contribution is 1.87. The third-order valence-electron chi connectivity index (χ3n) is 0.919. The number of esters is 1. The molecule has 0 aromatic rings. The molecule has 0 rings (SSSR count). The zero-order chi connectivity index (χ0) is 10.3. The zero-order valence-corrected chi connectivity index (χ0v) is 8.33. The van der Waals surface area contributed by atoms with Gasteiger partial charge >= 0.3 is 5.97 Å². The summed E-state index contributed by atoms with van der Waals surface area (Å²) in [6, 6.07) is 0. The largest absolute Gasteiger partial charge is 0.463 e. The summed E-state index contributed by atoms with van der Waals surface area (Å²) < 4.78 is 29.7. The number of carbonyl (C=O) groups is 1. The molecule has 0 fully saturated rings. The highest BCUT2D eigenvalue weighted by molar-refractivity contribution is 7.85. The van der Waals surface area contributed by atoms with Gasteiger partial charge in [0.2, 0.25) is 0 Å². The Balaban J connectivity index is 3.70. The van der Waals surface area contributed by atoms with E-state index in [2.05, 4.69) is 8.92 Å². The molecule has 0 aromatic carbocycles. The predicted molar refractivity (Wildman–Crippen MR) is 46.6 cm³/mol. The van der Waals surface area contributed by atoms with Crippen LogP contribution < -0.4 is 0 Å². The maximum Gasteiger partial charge on any atom is 0.330 e. The molecule has 6 heteroatoms. The Labute approximate surface area is 77.5 Å². The van der Waals surface area contributed by atoms with Crippen LogP contribution in [0.2, 0.25) is 0 Å². The summed E-state index contributed by atoms with van der Waals surface area (Å²) in [6.07, 6.45) is 3.33. The van der Waals surface area contributed by atoms with Gasteiger partial charge in [0.25, 0.3) is 10.1 Å². The first kappa shape index (κ1) is 12.1. The number of carbonyl (C=O) groups excluding carboxylic acids is 1. The standard InChI is InChI=1S/C7H12O5S/c1-3-11-7(8)5-4-6-12-13(2,9)10/h4-5H,3,6H2,1-2H3/b5-4+. The van der Waals surface area contributed by atoms with Crippen molar-refractivity contribution < 1.29 is 22.1 Å². The Morgan fingerprint density at radius 3 is 2.54 bits per heavy atom. The number of ether oxygens (including phenoxy) is 1. The molecular formula is C7H12O5S. The maximum atomic E-state index is 10.7. The topological polar surface area (TPSA) is 69.7 Å². The third-order valence-corrected chi connectivity index (χ3v) is 1.48. The summed E-state index contributed by atoms with van der Waals surface area (Å²) in [4.78, 5) is 10.7. The van der Waals surface area contributed by atoms with Gasteiger partial charge in [0, 0.05) is 6.08 Å². The lowest BCUT2D eigenvalue weighted by Gasteiger charge is -1.95. The molecule has 5 nitrogen and oxygen atoms in total. The molecule has 0 saturated heterocycles. The van der Waals surface area contributed by atoms with Gasteiger partial charge in [-0.1, -0.05) is 6.08 Å². The molecule has 13 heavy (non-hydrogen) atoms. The van der Waals surface area contributed by atoms with Gasteiger partial charge < -0.3 is 4.74 Å². The summed E-state index contributed by atoms with van der Waals surface area (Å²) in [5.41, 5.74) is 0. The van der Waals surface area contributed by atoms with E-state index in [1.165, 1.54) is 6.08 Å². The molecule has 0 aromatic heterocycles. The van der Waals surface area contributed by atoms with Gasteiger partial charge in [-0.25, -0.2) is 4.79 Å². The van der Waals surface area contributed by atoms with Gasteiger partial charge in [0.05, 0.1) is 19.5 Å². The fourth-order valence-corrected chi connectivity index (χ4v) is 0.823. The summed E-state index contributed by atoms with van der Waals surface area (Å²) in [5, 5.41) is 0. The molecule has 0 unspecified atom stereocenters. The molecular weight excluding hydrogens is 196 g/mol. The molecule has 0 N–H and O–H groups in total. The van der Waals surface area contributed by atoms with Crippen LogP contribution in [0.5, 0.6) is 0 Å². The van der Waals surface area contributed by atoms with Crippen molar-refractivity contribution in [2.75, 3.05) is 19.5 Å². The van der Waals surface area contributed by atoms with Crippen molar-refractivity contribution in [3.63, 3.8) is 0 Å². The summed E-state index contributed by atoms with van der Waals surface area (Å²) in [7, 11) is -3.44. The molecule has 0 heterocycles. The number of rotatable bonds is 5. The van der Waals surface area contributed by atoms with Crippen molar-refractivity contribution in [1.29, 1.82) is 0 Å². The highest BCUT2D eigenvalue weighted by atomic mass is 32.2. The Kier molecular flexibility index (Phi) is 5.33. The fourth-order valence-electron chi connectivity index (χ4n) is 0.498. The van der Waals surface area contributed by atoms with E-state index in [4.69, 9.17) is 0 Å². The van der Waals surface area contributed by atoms with Gasteiger partial charge in [-0.05, 0) is 6.92 Å². The van der Waals surface area contributed by atoms with Crippen LogP contribution in [0.1, 0.15) is 6.92 Å². The minimum absolute atomic E-state index is 0.155. The fraction of sp³-hybridized carbons (Fsp3) is 0.571. The van der Waals surface area contributed by atoms with E-state index in [0.717, 1.165) is 12.3 Å². The lowest BCUT2D eigenvalue weighted by Crippen LogP contribution is -2.03. The van der Waals surface area contributed by atoms with Crippen molar-refractivity contribution in [2.24, 2.45) is 0 Å². The number of hydrogen-bond donors (Lipinski definition) is 0. The van der Waals surface area contributed by atoms with Crippen LogP contribution in [0.25, 0.3) is 0 Å². The summed E-state index contributed by atoms with van der Waals surface area (Å²) >= 11 is 0. The zero-order valence-electron chi connectivity index (χ0n) is 7.52. The molecule has 0 aliphatic carbocycles. The lowest BCUT2D eigenvalue weighted by molar-refractivity contribution is -0.137. The summed E-state index contributed by atoms with van der Waals surface area (Å²) in [5.74, 6) is -0.514. The van der Waals surface area contributed by atoms with Crippen molar-refractivity contribution in [1.82, 2.24) is 0 Å². The first-order valence-electron chi connectivity index (χ1n) is 3.63. The maximum absolute atomic E-state index is 10.7. The first-order chi connectivity index (χ1) is 5.95. The van der Waals surface area contributed by atoms with Crippen LogP contribution in [0.15, 0.2) is 12.2 Å². The Morgan fingerprint density at radius 1 is 1.46 bits per heavy atom. The van der Waals surface area contributed by atoms with Gasteiger partial charge in [0.1, 0.15) is 0 Å². The van der Waals surface area contributed by atoms with Gasteiger partial charge in [-0.2, -0.15) is 8.42 Å². The van der Waals surface area contributed by atoms with E-state index in [-0.39, 0.29) is 13.2 Å². The molecule has 0 aliphatic heterocycles. The molecule has 0 radical (unpaired) electrons. The van der Waals surface area contributed by atoms with Crippen molar-refractivity contribution in [2.45, 2.75) is 6.92 Å². The predicted octanol–water partition coefficient (Wildman–Crippen LogP) is 0.0819. The monoisotopic (exact) mass is 208 g/mol. The Morgan fingerprint density at radius 2 is 2.08 bits per heavy atom. The van der Waals surface area contributed by atoms with Gasteiger partial charge in [-0.15, -0.1) is 0 Å². The van der Waals surface area contributed by atoms with E-state index in [0.29, 0.717) is 0 Å². The minimum atomic E-state index is -3.44. The van der Waals surface area contributed by atoms with Crippen molar-refractivity contribution in [3.8, 4) is 0 Å². The normalized spacial score (nSPS) is 11.8. The van der Waals surface area contributed by atoms with Crippen molar-refractivity contribution >= 4 is 16.1 Å². The average Bonchev–Trinajstić information content (AvgIpc) is 1.97. The van der Waals surface area contributed by atoms with Gasteiger partial charge in [0.15, 0.2) is 0 Å². The van der Waals surface area contributed by atoms with Crippen molar-refractivity contribution in [3.05, 3.63) is 12.2 Å². The second-order valence-corrected chi connectivity index (χ2v) is 3.79. The molecule has 0 aliphatic rings. The van der Waals surface area contributed by atoms with E-state index < -0.39 is 16.1 Å². The van der Waals surface area contributed by atoms with Crippen LogP contribution in [-0.2, 0) is 23.8 Å². The Hall–Kier alpha value is -0.880. The van der Waals surface area contributed by atoms with Crippen LogP contribution in [0.3, 0.4) is 0 Å². The van der Waals surface area contributed by atoms with Crippen LogP contribution in [0.4, 0.5) is 0 Å². The van der Waals surface area contributed by atoms with E-state index >= 15 is 0 Å². The lowest BCUT2D eigenvalue weighted by atomic mass is 10.5. The second kappa shape index (κ2) is 5.71. The third kappa shape index (κ3) is 9.03. The highest BCUT2D eigenvalue weighted by Gasteiger charge is 1.98. The van der Waals surface area contributed by atoms with Crippen LogP contribution in [0, 0.1) is 0 Å². The minimum Gasteiger partial charge on any atom is -0.463 e. The smallest absolute Gasteiger partial charge is 0.330 e. The second-order valence-electron chi connectivity index (χ2n) is 2.14. The summed E-state index contributed by atoms with van der Waals surface area (Å²) in [6.45, 7) is 1.81. The molecule has 0 bridgehead atoms. The Bertz CT molecular complexity index is 277. The molecule has 76 valence electrons. The molecule has 0 saturated carbocycles. The first-order valence-corrected chi connectivity index (χ1v) is 5.45. The van der Waals surface area contributed by atoms with E-state index in [9.17, 15) is 13.2 Å². The molecule has 0 amide bonds. The van der Waals surface area contributed by atoms with Crippen LogP contribution in [-0.4, -0.2) is 33.9 Å². The SMILES string of the molecule is CCOC(=O)/C=C/COS(C)(=O)=O.